The van der Waals surface area contributed by atoms with Gasteiger partial charge in [0, 0.05) is 24.6 Å². The maximum atomic E-state index is 11.8. The predicted octanol–water partition coefficient (Wildman–Crippen LogP) is 3.72. The third-order valence-electron chi connectivity index (χ3n) is 2.64. The van der Waals surface area contributed by atoms with Crippen molar-refractivity contribution in [3.8, 4) is 5.75 Å². The van der Waals surface area contributed by atoms with Gasteiger partial charge in [0.25, 0.3) is 0 Å². The number of aromatic nitrogens is 1. The zero-order valence-electron chi connectivity index (χ0n) is 11.2. The minimum absolute atomic E-state index is 0.326. The Balaban J connectivity index is 1.97. The van der Waals surface area contributed by atoms with E-state index in [9.17, 15) is 4.79 Å². The van der Waals surface area contributed by atoms with E-state index in [2.05, 4.69) is 15.6 Å². The summed E-state index contributed by atoms with van der Waals surface area (Å²) in [5.41, 5.74) is 1.38. The first-order chi connectivity index (χ1) is 10.1. The van der Waals surface area contributed by atoms with E-state index in [1.807, 2.05) is 6.07 Å². The predicted molar refractivity (Wildman–Crippen MR) is 83.1 cm³/mol. The van der Waals surface area contributed by atoms with E-state index < -0.39 is 0 Å². The van der Waals surface area contributed by atoms with Crippen molar-refractivity contribution in [3.05, 3.63) is 52.3 Å². The summed E-state index contributed by atoms with van der Waals surface area (Å²) in [5, 5.41) is 6.01. The average Bonchev–Trinajstić information content (AvgIpc) is 2.46. The molecule has 0 aliphatic rings. The number of ether oxygens (including phenoxy) is 1. The lowest BCUT2D eigenvalue weighted by molar-refractivity contribution is 0.251. The summed E-state index contributed by atoms with van der Waals surface area (Å²) in [6, 6.07) is 6.44. The first-order valence-electron chi connectivity index (χ1n) is 6.07. The molecule has 5 nitrogen and oxygen atoms in total. The van der Waals surface area contributed by atoms with Gasteiger partial charge in [-0.2, -0.15) is 0 Å². The molecule has 0 radical (unpaired) electrons. The highest BCUT2D eigenvalue weighted by Crippen LogP contribution is 2.35. The van der Waals surface area contributed by atoms with Gasteiger partial charge in [0.05, 0.1) is 17.2 Å². The van der Waals surface area contributed by atoms with Crippen molar-refractivity contribution in [2.24, 2.45) is 0 Å². The minimum atomic E-state index is -0.365. The van der Waals surface area contributed by atoms with Crippen molar-refractivity contribution in [3.63, 3.8) is 0 Å². The van der Waals surface area contributed by atoms with Crippen LogP contribution in [0.1, 0.15) is 5.56 Å². The molecule has 2 rings (SSSR count). The third-order valence-corrected chi connectivity index (χ3v) is 3.20. The number of amides is 2. The molecule has 1 aromatic carbocycles. The van der Waals surface area contributed by atoms with Crippen LogP contribution in [-0.4, -0.2) is 18.1 Å². The van der Waals surface area contributed by atoms with Gasteiger partial charge in [-0.1, -0.05) is 29.3 Å². The summed E-state index contributed by atoms with van der Waals surface area (Å²) in [4.78, 5) is 15.8. The van der Waals surface area contributed by atoms with E-state index in [1.165, 1.54) is 7.11 Å². The number of rotatable bonds is 4. The van der Waals surface area contributed by atoms with Crippen LogP contribution in [0.3, 0.4) is 0 Å². The number of nitrogens with zero attached hydrogens (tertiary/aromatic N) is 1. The number of anilines is 1. The van der Waals surface area contributed by atoms with Crippen molar-refractivity contribution < 1.29 is 9.53 Å². The maximum absolute atomic E-state index is 11.8. The smallest absolute Gasteiger partial charge is 0.319 e. The Morgan fingerprint density at radius 1 is 1.33 bits per heavy atom. The Morgan fingerprint density at radius 2 is 2.05 bits per heavy atom. The number of hydrogen-bond acceptors (Lipinski definition) is 3. The minimum Gasteiger partial charge on any atom is -0.494 e. The Kier molecular flexibility index (Phi) is 5.25. The Bertz CT molecular complexity index is 612. The van der Waals surface area contributed by atoms with Crippen LogP contribution in [-0.2, 0) is 6.54 Å². The van der Waals surface area contributed by atoms with Crippen LogP contribution in [0.5, 0.6) is 5.75 Å². The third kappa shape index (κ3) is 4.24. The van der Waals surface area contributed by atoms with Gasteiger partial charge >= 0.3 is 6.03 Å². The molecule has 0 saturated carbocycles. The van der Waals surface area contributed by atoms with Crippen molar-refractivity contribution in [2.75, 3.05) is 12.4 Å². The van der Waals surface area contributed by atoms with E-state index in [4.69, 9.17) is 27.9 Å². The Hall–Kier alpha value is -1.98. The van der Waals surface area contributed by atoms with Gasteiger partial charge in [0.1, 0.15) is 0 Å². The van der Waals surface area contributed by atoms with Crippen molar-refractivity contribution in [1.82, 2.24) is 10.3 Å². The second kappa shape index (κ2) is 7.15. The lowest BCUT2D eigenvalue weighted by Gasteiger charge is -2.11. The molecule has 0 unspecified atom stereocenters. The number of nitrogens with one attached hydrogen (secondary N) is 2. The number of methoxy groups -OCH3 is 1. The molecule has 2 aromatic rings. The summed E-state index contributed by atoms with van der Waals surface area (Å²) in [6.07, 6.45) is 3.35. The van der Waals surface area contributed by atoms with E-state index in [0.717, 1.165) is 5.56 Å². The van der Waals surface area contributed by atoms with E-state index >= 15 is 0 Å². The second-order valence-electron chi connectivity index (χ2n) is 4.14. The number of carbonyl (C=O) groups excluding carboxylic acids is 1. The van der Waals surface area contributed by atoms with Crippen molar-refractivity contribution in [2.45, 2.75) is 6.54 Å². The fraction of sp³-hybridized carbons (Fsp3) is 0.143. The monoisotopic (exact) mass is 325 g/mol. The van der Waals surface area contributed by atoms with Gasteiger partial charge in [0.2, 0.25) is 0 Å². The van der Waals surface area contributed by atoms with Crippen LogP contribution in [0.15, 0.2) is 36.7 Å². The molecular formula is C14H13Cl2N3O2. The van der Waals surface area contributed by atoms with Gasteiger partial charge < -0.3 is 15.4 Å². The van der Waals surface area contributed by atoms with Crippen molar-refractivity contribution >= 4 is 34.9 Å². The van der Waals surface area contributed by atoms with Gasteiger partial charge in [-0.3, -0.25) is 4.98 Å². The van der Waals surface area contributed by atoms with Gasteiger partial charge in [0.15, 0.2) is 5.75 Å². The molecule has 0 fully saturated rings. The molecule has 0 saturated heterocycles. The number of halogens is 2. The van der Waals surface area contributed by atoms with Crippen LogP contribution in [0.4, 0.5) is 10.5 Å². The van der Waals surface area contributed by atoms with E-state index in [-0.39, 0.29) is 6.03 Å². The zero-order chi connectivity index (χ0) is 15.2. The largest absolute Gasteiger partial charge is 0.494 e. The lowest BCUT2D eigenvalue weighted by atomic mass is 10.3. The average molecular weight is 326 g/mol. The second-order valence-corrected chi connectivity index (χ2v) is 4.96. The highest BCUT2D eigenvalue weighted by atomic mass is 35.5. The molecule has 2 N–H and O–H groups in total. The molecule has 0 aliphatic heterocycles. The van der Waals surface area contributed by atoms with Gasteiger partial charge in [-0.05, 0) is 23.8 Å². The SMILES string of the molecule is COc1c(Cl)cc(NC(=O)NCc2cccnc2)cc1Cl. The fourth-order valence-corrected chi connectivity index (χ4v) is 2.33. The van der Waals surface area contributed by atoms with Crippen LogP contribution < -0.4 is 15.4 Å². The Labute approximate surface area is 132 Å². The highest BCUT2D eigenvalue weighted by molar-refractivity contribution is 6.37. The van der Waals surface area contributed by atoms with Crippen LogP contribution in [0.25, 0.3) is 0 Å². The normalized spacial score (nSPS) is 10.0. The number of carbonyl (C=O) groups is 1. The van der Waals surface area contributed by atoms with Crippen LogP contribution >= 0.6 is 23.2 Å². The van der Waals surface area contributed by atoms with E-state index in [1.54, 1.807) is 30.6 Å². The Morgan fingerprint density at radius 3 is 2.62 bits per heavy atom. The molecule has 0 aliphatic carbocycles. The van der Waals surface area contributed by atoms with Gasteiger partial charge in [-0.25, -0.2) is 4.79 Å². The lowest BCUT2D eigenvalue weighted by Crippen LogP contribution is -2.28. The number of urea groups is 1. The summed E-state index contributed by atoms with van der Waals surface area (Å²) >= 11 is 12.0. The first-order valence-corrected chi connectivity index (χ1v) is 6.82. The van der Waals surface area contributed by atoms with Crippen LogP contribution in [0, 0.1) is 0 Å². The molecule has 1 heterocycles. The number of hydrogen-bond donors (Lipinski definition) is 2. The van der Waals surface area contributed by atoms with E-state index in [0.29, 0.717) is 28.0 Å². The molecule has 0 spiro atoms. The molecule has 0 atom stereocenters. The molecule has 110 valence electrons. The van der Waals surface area contributed by atoms with Gasteiger partial charge in [-0.15, -0.1) is 0 Å². The molecule has 0 bridgehead atoms. The number of benzene rings is 1. The highest BCUT2D eigenvalue weighted by Gasteiger charge is 2.10. The zero-order valence-corrected chi connectivity index (χ0v) is 12.7. The number of pyridine rings is 1. The first kappa shape index (κ1) is 15.4. The standard InChI is InChI=1S/C14H13Cl2N3O2/c1-21-13-11(15)5-10(6-12(13)16)19-14(20)18-8-9-3-2-4-17-7-9/h2-7H,8H2,1H3,(H2,18,19,20). The summed E-state index contributed by atoms with van der Waals surface area (Å²) < 4.78 is 5.04. The quantitative estimate of drug-likeness (QED) is 0.900. The summed E-state index contributed by atoms with van der Waals surface area (Å²) in [6.45, 7) is 0.372. The molecule has 1 aromatic heterocycles. The molecule has 7 heteroatoms. The molecular weight excluding hydrogens is 313 g/mol. The van der Waals surface area contributed by atoms with Crippen LogP contribution in [0.2, 0.25) is 10.0 Å². The topological polar surface area (TPSA) is 63.2 Å². The molecule has 21 heavy (non-hydrogen) atoms. The fourth-order valence-electron chi connectivity index (χ4n) is 1.69. The summed E-state index contributed by atoms with van der Waals surface area (Å²) in [5.74, 6) is 0.375. The summed E-state index contributed by atoms with van der Waals surface area (Å²) in [7, 11) is 1.47. The molecule has 2 amide bonds. The maximum Gasteiger partial charge on any atom is 0.319 e. The van der Waals surface area contributed by atoms with Crippen molar-refractivity contribution in [1.29, 1.82) is 0 Å².